The molecule has 0 spiro atoms. The molecule has 3 aromatic rings. The van der Waals surface area contributed by atoms with Crippen molar-refractivity contribution < 1.29 is 0 Å². The van der Waals surface area contributed by atoms with Gasteiger partial charge >= 0.3 is 0 Å². The van der Waals surface area contributed by atoms with Gasteiger partial charge in [-0.1, -0.05) is 13.0 Å². The number of fused-ring (bicyclic) bond motifs is 1. The molecule has 3 rings (SSSR count). The number of pyridine rings is 1. The minimum atomic E-state index is 0.656. The number of benzene rings is 1. The molecule has 0 unspecified atom stereocenters. The fourth-order valence-electron chi connectivity index (χ4n) is 1.94. The summed E-state index contributed by atoms with van der Waals surface area (Å²) < 4.78 is 0. The predicted octanol–water partition coefficient (Wildman–Crippen LogP) is 2.77. The maximum atomic E-state index is 5.62. The lowest BCUT2D eigenvalue weighted by Crippen LogP contribution is -1.89. The van der Waals surface area contributed by atoms with Gasteiger partial charge in [0.05, 0.1) is 22.9 Å². The maximum absolute atomic E-state index is 5.62. The van der Waals surface area contributed by atoms with E-state index in [-0.39, 0.29) is 0 Å². The van der Waals surface area contributed by atoms with Crippen LogP contribution in [0.25, 0.3) is 22.6 Å². The predicted molar refractivity (Wildman–Crippen MR) is 73.1 cm³/mol. The number of hydrogen-bond acceptors (Lipinski definition) is 3. The average Bonchev–Trinajstić information content (AvgIpc) is 2.82. The van der Waals surface area contributed by atoms with Gasteiger partial charge in [-0.25, -0.2) is 4.98 Å². The van der Waals surface area contributed by atoms with Gasteiger partial charge in [0.15, 0.2) is 5.82 Å². The summed E-state index contributed by atoms with van der Waals surface area (Å²) in [6, 6.07) is 9.96. The molecule has 0 aliphatic rings. The second-order valence-corrected chi connectivity index (χ2v) is 4.27. The van der Waals surface area contributed by atoms with Gasteiger partial charge in [0.25, 0.3) is 0 Å². The SMILES string of the molecule is CCc1ccc2nc(-c3ccc(N)cn3)[nH]c2c1. The van der Waals surface area contributed by atoms with E-state index in [1.807, 2.05) is 18.2 Å². The Bertz CT molecular complexity index is 683. The van der Waals surface area contributed by atoms with E-state index in [9.17, 15) is 0 Å². The summed E-state index contributed by atoms with van der Waals surface area (Å²) in [7, 11) is 0. The van der Waals surface area contributed by atoms with Crippen molar-refractivity contribution in [2.75, 3.05) is 5.73 Å². The molecule has 0 amide bonds. The van der Waals surface area contributed by atoms with E-state index in [1.165, 1.54) is 5.56 Å². The molecule has 0 saturated carbocycles. The van der Waals surface area contributed by atoms with Crippen molar-refractivity contribution in [2.24, 2.45) is 0 Å². The molecule has 3 N–H and O–H groups in total. The van der Waals surface area contributed by atoms with E-state index in [0.29, 0.717) is 5.69 Å². The van der Waals surface area contributed by atoms with Crippen molar-refractivity contribution >= 4 is 16.7 Å². The number of aryl methyl sites for hydroxylation is 1. The minimum Gasteiger partial charge on any atom is -0.397 e. The summed E-state index contributed by atoms with van der Waals surface area (Å²) in [5.74, 6) is 0.776. The van der Waals surface area contributed by atoms with E-state index in [2.05, 4.69) is 34.0 Å². The molecule has 2 heterocycles. The van der Waals surface area contributed by atoms with Crippen LogP contribution in [0, 0.1) is 0 Å². The van der Waals surface area contributed by atoms with Crippen LogP contribution in [-0.2, 0) is 6.42 Å². The Kier molecular flexibility index (Phi) is 2.48. The number of imidazole rings is 1. The molecule has 90 valence electrons. The fourth-order valence-corrected chi connectivity index (χ4v) is 1.94. The second kappa shape index (κ2) is 4.14. The molecule has 0 aliphatic heterocycles. The van der Waals surface area contributed by atoms with Gasteiger partial charge in [-0.05, 0) is 36.2 Å². The summed E-state index contributed by atoms with van der Waals surface area (Å²) in [4.78, 5) is 12.1. The highest BCUT2D eigenvalue weighted by atomic mass is 14.9. The first-order valence-electron chi connectivity index (χ1n) is 5.97. The van der Waals surface area contributed by atoms with Crippen LogP contribution in [0.4, 0.5) is 5.69 Å². The smallest absolute Gasteiger partial charge is 0.157 e. The molecule has 4 nitrogen and oxygen atoms in total. The van der Waals surface area contributed by atoms with Crippen LogP contribution in [0.3, 0.4) is 0 Å². The largest absolute Gasteiger partial charge is 0.397 e. The summed E-state index contributed by atoms with van der Waals surface area (Å²) in [5, 5.41) is 0. The molecule has 0 saturated heterocycles. The van der Waals surface area contributed by atoms with E-state index in [1.54, 1.807) is 6.20 Å². The molecule has 2 aromatic heterocycles. The number of anilines is 1. The molecule has 1 aromatic carbocycles. The molecule has 0 atom stereocenters. The molecule has 0 fully saturated rings. The summed E-state index contributed by atoms with van der Waals surface area (Å²) in [6.45, 7) is 2.14. The lowest BCUT2D eigenvalue weighted by atomic mass is 10.1. The number of nitrogens with one attached hydrogen (secondary N) is 1. The minimum absolute atomic E-state index is 0.656. The topological polar surface area (TPSA) is 67.6 Å². The lowest BCUT2D eigenvalue weighted by Gasteiger charge is -1.95. The first-order chi connectivity index (χ1) is 8.76. The van der Waals surface area contributed by atoms with Crippen LogP contribution in [0.5, 0.6) is 0 Å². The third kappa shape index (κ3) is 1.82. The second-order valence-electron chi connectivity index (χ2n) is 4.27. The number of nitrogens with zero attached hydrogens (tertiary/aromatic N) is 2. The van der Waals surface area contributed by atoms with Gasteiger partial charge in [-0.2, -0.15) is 0 Å². The Morgan fingerprint density at radius 3 is 2.83 bits per heavy atom. The average molecular weight is 238 g/mol. The zero-order valence-electron chi connectivity index (χ0n) is 10.1. The van der Waals surface area contributed by atoms with Gasteiger partial charge in [-0.3, -0.25) is 4.98 Å². The van der Waals surface area contributed by atoms with Crippen molar-refractivity contribution in [3.63, 3.8) is 0 Å². The van der Waals surface area contributed by atoms with Crippen LogP contribution >= 0.6 is 0 Å². The number of rotatable bonds is 2. The Hall–Kier alpha value is -2.36. The van der Waals surface area contributed by atoms with Crippen LogP contribution in [0.2, 0.25) is 0 Å². The zero-order chi connectivity index (χ0) is 12.5. The molecule has 0 radical (unpaired) electrons. The maximum Gasteiger partial charge on any atom is 0.157 e. The Morgan fingerprint density at radius 2 is 2.11 bits per heavy atom. The van der Waals surface area contributed by atoms with Gasteiger partial charge < -0.3 is 10.7 Å². The van der Waals surface area contributed by atoms with E-state index < -0.39 is 0 Å². The number of H-pyrrole nitrogens is 1. The van der Waals surface area contributed by atoms with Gasteiger partial charge in [0.1, 0.15) is 5.69 Å². The number of nitrogen functional groups attached to an aromatic ring is 1. The lowest BCUT2D eigenvalue weighted by molar-refractivity contribution is 1.14. The summed E-state index contributed by atoms with van der Waals surface area (Å²) >= 11 is 0. The third-order valence-electron chi connectivity index (χ3n) is 2.98. The van der Waals surface area contributed by atoms with E-state index in [0.717, 1.165) is 29.0 Å². The molecule has 0 aliphatic carbocycles. The number of aromatic nitrogens is 3. The van der Waals surface area contributed by atoms with Gasteiger partial charge in [0.2, 0.25) is 0 Å². The van der Waals surface area contributed by atoms with Crippen LogP contribution < -0.4 is 5.73 Å². The fraction of sp³-hybridized carbons (Fsp3) is 0.143. The molecule has 0 bridgehead atoms. The van der Waals surface area contributed by atoms with Crippen molar-refractivity contribution in [1.82, 2.24) is 15.0 Å². The summed E-state index contributed by atoms with van der Waals surface area (Å²) in [6.07, 6.45) is 2.66. The summed E-state index contributed by atoms with van der Waals surface area (Å²) in [5.41, 5.74) is 10.4. The van der Waals surface area contributed by atoms with Crippen molar-refractivity contribution in [3.05, 3.63) is 42.1 Å². The van der Waals surface area contributed by atoms with Crippen LogP contribution in [-0.4, -0.2) is 15.0 Å². The third-order valence-corrected chi connectivity index (χ3v) is 2.98. The van der Waals surface area contributed by atoms with Crippen LogP contribution in [0.15, 0.2) is 36.5 Å². The Labute approximate surface area is 105 Å². The molecule has 4 heteroatoms. The molecular formula is C14H14N4. The van der Waals surface area contributed by atoms with E-state index in [4.69, 9.17) is 5.73 Å². The standard InChI is InChI=1S/C14H14N4/c1-2-9-3-5-11-13(7-9)18-14(17-11)12-6-4-10(15)8-16-12/h3-8H,2,15H2,1H3,(H,17,18). The van der Waals surface area contributed by atoms with Crippen molar-refractivity contribution in [3.8, 4) is 11.5 Å². The van der Waals surface area contributed by atoms with Crippen molar-refractivity contribution in [1.29, 1.82) is 0 Å². The van der Waals surface area contributed by atoms with Crippen LogP contribution in [0.1, 0.15) is 12.5 Å². The Morgan fingerprint density at radius 1 is 1.22 bits per heavy atom. The monoisotopic (exact) mass is 238 g/mol. The van der Waals surface area contributed by atoms with E-state index >= 15 is 0 Å². The zero-order valence-corrected chi connectivity index (χ0v) is 10.1. The molecular weight excluding hydrogens is 224 g/mol. The number of nitrogens with two attached hydrogens (primary N) is 1. The number of aromatic amines is 1. The highest BCUT2D eigenvalue weighted by Gasteiger charge is 2.06. The van der Waals surface area contributed by atoms with Gasteiger partial charge in [-0.15, -0.1) is 0 Å². The highest BCUT2D eigenvalue weighted by molar-refractivity contribution is 5.79. The first kappa shape index (κ1) is 10.8. The van der Waals surface area contributed by atoms with Gasteiger partial charge in [0, 0.05) is 0 Å². The highest BCUT2D eigenvalue weighted by Crippen LogP contribution is 2.20. The first-order valence-corrected chi connectivity index (χ1v) is 5.97. The molecule has 18 heavy (non-hydrogen) atoms. The quantitative estimate of drug-likeness (QED) is 0.721. The Balaban J connectivity index is 2.10. The number of hydrogen-bond donors (Lipinski definition) is 2. The normalized spacial score (nSPS) is 10.9. The van der Waals surface area contributed by atoms with Crippen molar-refractivity contribution in [2.45, 2.75) is 13.3 Å².